The molecule has 7 nitrogen and oxygen atoms in total. The molecule has 2 aliphatic heterocycles. The van der Waals surface area contributed by atoms with Gasteiger partial charge in [0.25, 0.3) is 0 Å². The minimum absolute atomic E-state index is 0.120. The Kier molecular flexibility index (Phi) is 5.81. The number of nitrogens with zero attached hydrogens (tertiary/aromatic N) is 2. The van der Waals surface area contributed by atoms with Crippen LogP contribution in [0, 0.1) is 5.92 Å². The van der Waals surface area contributed by atoms with Crippen molar-refractivity contribution in [2.24, 2.45) is 5.92 Å². The standard InChI is InChI=1S/C14H25N3O4/c1-2-16-5-3-11(4-6-16)9-15-14(20)17-7-8-21-12(10-17)13(18)19/h11-12H,2-10H2,1H3,(H,15,20)(H,18,19). The van der Waals surface area contributed by atoms with Gasteiger partial charge < -0.3 is 25.0 Å². The number of carbonyl (C=O) groups excluding carboxylic acids is 1. The van der Waals surface area contributed by atoms with Crippen molar-refractivity contribution in [3.63, 3.8) is 0 Å². The van der Waals surface area contributed by atoms with Gasteiger partial charge >= 0.3 is 12.0 Å². The number of carbonyl (C=O) groups is 2. The number of likely N-dealkylation sites (tertiary alicyclic amines) is 1. The monoisotopic (exact) mass is 299 g/mol. The van der Waals surface area contributed by atoms with Crippen molar-refractivity contribution in [1.29, 1.82) is 0 Å². The molecule has 0 saturated carbocycles. The van der Waals surface area contributed by atoms with E-state index in [9.17, 15) is 9.59 Å². The average Bonchev–Trinajstić information content (AvgIpc) is 2.53. The van der Waals surface area contributed by atoms with E-state index in [0.717, 1.165) is 32.5 Å². The Morgan fingerprint density at radius 2 is 2.00 bits per heavy atom. The van der Waals surface area contributed by atoms with Crippen molar-refractivity contribution in [2.45, 2.75) is 25.9 Å². The molecule has 0 radical (unpaired) electrons. The number of hydrogen-bond donors (Lipinski definition) is 2. The first kappa shape index (κ1) is 16.0. The number of carboxylic acid groups (broad SMARTS) is 1. The molecule has 2 rings (SSSR count). The maximum Gasteiger partial charge on any atom is 0.334 e. The number of morpholine rings is 1. The summed E-state index contributed by atoms with van der Waals surface area (Å²) in [6, 6.07) is -0.178. The van der Waals surface area contributed by atoms with Crippen LogP contribution in [0.5, 0.6) is 0 Å². The Morgan fingerprint density at radius 1 is 1.29 bits per heavy atom. The molecule has 0 aromatic carbocycles. The second-order valence-corrected chi connectivity index (χ2v) is 5.71. The summed E-state index contributed by atoms with van der Waals surface area (Å²) in [5.74, 6) is -0.493. The second kappa shape index (κ2) is 7.61. The molecule has 120 valence electrons. The van der Waals surface area contributed by atoms with E-state index in [4.69, 9.17) is 9.84 Å². The molecule has 0 bridgehead atoms. The zero-order valence-corrected chi connectivity index (χ0v) is 12.6. The van der Waals surface area contributed by atoms with Crippen LogP contribution in [0.15, 0.2) is 0 Å². The lowest BCUT2D eigenvalue weighted by molar-refractivity contribution is -0.154. The normalized spacial score (nSPS) is 24.8. The van der Waals surface area contributed by atoms with E-state index < -0.39 is 12.1 Å². The first-order chi connectivity index (χ1) is 10.1. The van der Waals surface area contributed by atoms with Crippen LogP contribution in [-0.4, -0.2) is 78.9 Å². The van der Waals surface area contributed by atoms with E-state index in [1.807, 2.05) is 0 Å². The Morgan fingerprint density at radius 3 is 2.62 bits per heavy atom. The quantitative estimate of drug-likeness (QED) is 0.775. The predicted molar refractivity (Wildman–Crippen MR) is 77.2 cm³/mol. The molecule has 2 heterocycles. The van der Waals surface area contributed by atoms with E-state index in [0.29, 0.717) is 19.0 Å². The van der Waals surface area contributed by atoms with Crippen LogP contribution in [-0.2, 0) is 9.53 Å². The summed E-state index contributed by atoms with van der Waals surface area (Å²) in [6.45, 7) is 6.96. The van der Waals surface area contributed by atoms with Crippen molar-refractivity contribution in [3.05, 3.63) is 0 Å². The minimum Gasteiger partial charge on any atom is -0.479 e. The van der Waals surface area contributed by atoms with Crippen LogP contribution in [0.2, 0.25) is 0 Å². The van der Waals surface area contributed by atoms with Gasteiger partial charge in [-0.05, 0) is 38.4 Å². The van der Waals surface area contributed by atoms with Gasteiger partial charge in [-0.25, -0.2) is 9.59 Å². The number of nitrogens with one attached hydrogen (secondary N) is 1. The van der Waals surface area contributed by atoms with E-state index in [2.05, 4.69) is 17.1 Å². The number of rotatable bonds is 4. The van der Waals surface area contributed by atoms with Crippen LogP contribution in [0.1, 0.15) is 19.8 Å². The molecule has 2 aliphatic rings. The Balaban J connectivity index is 1.71. The summed E-state index contributed by atoms with van der Waals surface area (Å²) < 4.78 is 5.11. The zero-order valence-electron chi connectivity index (χ0n) is 12.6. The van der Waals surface area contributed by atoms with Gasteiger partial charge in [-0.15, -0.1) is 0 Å². The lowest BCUT2D eigenvalue weighted by atomic mass is 9.97. The molecule has 2 amide bonds. The van der Waals surface area contributed by atoms with E-state index >= 15 is 0 Å². The van der Waals surface area contributed by atoms with Crippen LogP contribution in [0.3, 0.4) is 0 Å². The second-order valence-electron chi connectivity index (χ2n) is 5.71. The van der Waals surface area contributed by atoms with Gasteiger partial charge in [0.2, 0.25) is 0 Å². The van der Waals surface area contributed by atoms with Crippen LogP contribution < -0.4 is 5.32 Å². The maximum absolute atomic E-state index is 12.1. The average molecular weight is 299 g/mol. The molecule has 7 heteroatoms. The van der Waals surface area contributed by atoms with E-state index in [1.165, 1.54) is 4.90 Å². The van der Waals surface area contributed by atoms with Crippen molar-refractivity contribution in [3.8, 4) is 0 Å². The van der Waals surface area contributed by atoms with Crippen molar-refractivity contribution < 1.29 is 19.4 Å². The van der Waals surface area contributed by atoms with Gasteiger partial charge in [-0.3, -0.25) is 0 Å². The molecule has 21 heavy (non-hydrogen) atoms. The smallest absolute Gasteiger partial charge is 0.334 e. The highest BCUT2D eigenvalue weighted by Crippen LogP contribution is 2.16. The minimum atomic E-state index is -1.01. The number of piperidine rings is 1. The van der Waals surface area contributed by atoms with Gasteiger partial charge in [0.1, 0.15) is 0 Å². The lowest BCUT2D eigenvalue weighted by Crippen LogP contribution is -2.52. The molecular weight excluding hydrogens is 274 g/mol. The molecule has 2 N–H and O–H groups in total. The largest absolute Gasteiger partial charge is 0.479 e. The molecule has 1 atom stereocenters. The topological polar surface area (TPSA) is 82.1 Å². The van der Waals surface area contributed by atoms with Crippen molar-refractivity contribution in [1.82, 2.24) is 15.1 Å². The lowest BCUT2D eigenvalue weighted by Gasteiger charge is -2.33. The van der Waals surface area contributed by atoms with Gasteiger partial charge in [-0.2, -0.15) is 0 Å². The highest BCUT2D eigenvalue weighted by Gasteiger charge is 2.29. The number of carboxylic acids is 1. The molecule has 2 saturated heterocycles. The van der Waals surface area contributed by atoms with Crippen LogP contribution in [0.4, 0.5) is 4.79 Å². The number of amides is 2. The summed E-state index contributed by atoms with van der Waals surface area (Å²) >= 11 is 0. The van der Waals surface area contributed by atoms with Gasteiger partial charge in [-0.1, -0.05) is 6.92 Å². The third kappa shape index (κ3) is 4.57. The summed E-state index contributed by atoms with van der Waals surface area (Å²) in [5.41, 5.74) is 0. The fourth-order valence-electron chi connectivity index (χ4n) is 2.83. The van der Waals surface area contributed by atoms with E-state index in [1.54, 1.807) is 0 Å². The highest BCUT2D eigenvalue weighted by atomic mass is 16.5. The number of aliphatic carboxylic acids is 1. The highest BCUT2D eigenvalue weighted by molar-refractivity contribution is 5.77. The molecule has 0 aliphatic carbocycles. The van der Waals surface area contributed by atoms with Crippen molar-refractivity contribution in [2.75, 3.05) is 45.9 Å². The SMILES string of the molecule is CCN1CCC(CNC(=O)N2CCOC(C(=O)O)C2)CC1. The third-order valence-electron chi connectivity index (χ3n) is 4.33. The Hall–Kier alpha value is -1.34. The molecule has 0 aromatic heterocycles. The third-order valence-corrected chi connectivity index (χ3v) is 4.33. The zero-order chi connectivity index (χ0) is 15.2. The first-order valence-corrected chi connectivity index (χ1v) is 7.69. The van der Waals surface area contributed by atoms with E-state index in [-0.39, 0.29) is 19.2 Å². The van der Waals surface area contributed by atoms with Crippen LogP contribution >= 0.6 is 0 Å². The number of ether oxygens (including phenoxy) is 1. The Bertz CT molecular complexity index is 369. The summed E-state index contributed by atoms with van der Waals surface area (Å²) in [6.07, 6.45) is 1.31. The Labute approximate surface area is 125 Å². The number of hydrogen-bond acceptors (Lipinski definition) is 4. The van der Waals surface area contributed by atoms with Gasteiger partial charge in [0, 0.05) is 13.1 Å². The fourth-order valence-corrected chi connectivity index (χ4v) is 2.83. The van der Waals surface area contributed by atoms with Gasteiger partial charge in [0.15, 0.2) is 6.10 Å². The molecule has 0 spiro atoms. The number of urea groups is 1. The first-order valence-electron chi connectivity index (χ1n) is 7.69. The fraction of sp³-hybridized carbons (Fsp3) is 0.857. The van der Waals surface area contributed by atoms with Gasteiger partial charge in [0.05, 0.1) is 13.2 Å². The summed E-state index contributed by atoms with van der Waals surface area (Å²) in [7, 11) is 0. The van der Waals surface area contributed by atoms with Crippen LogP contribution in [0.25, 0.3) is 0 Å². The van der Waals surface area contributed by atoms with Crippen molar-refractivity contribution >= 4 is 12.0 Å². The molecular formula is C14H25N3O4. The summed E-state index contributed by atoms with van der Waals surface area (Å²) in [4.78, 5) is 26.9. The molecule has 1 unspecified atom stereocenters. The predicted octanol–water partition coefficient (Wildman–Crippen LogP) is 0.213. The maximum atomic E-state index is 12.1. The molecule has 0 aromatic rings. The summed E-state index contributed by atoms with van der Waals surface area (Å²) in [5, 5.41) is 11.9. The molecule has 2 fully saturated rings.